The molecule has 4 rings (SSSR count). The highest BCUT2D eigenvalue weighted by molar-refractivity contribution is 6.26. The summed E-state index contributed by atoms with van der Waals surface area (Å²) in [6.07, 6.45) is 1.37. The molecular weight excluding hydrogens is 304 g/mol. The number of fused-ring (bicyclic) bond motifs is 2. The fourth-order valence-electron chi connectivity index (χ4n) is 3.46. The second-order valence-electron chi connectivity index (χ2n) is 6.02. The summed E-state index contributed by atoms with van der Waals surface area (Å²) in [4.78, 5) is 41.6. The zero-order valence-corrected chi connectivity index (χ0v) is 13.0. The van der Waals surface area contributed by atoms with Crippen molar-refractivity contribution in [1.29, 1.82) is 0 Å². The zero-order chi connectivity index (χ0) is 16.7. The van der Waals surface area contributed by atoms with E-state index in [0.29, 0.717) is 29.8 Å². The molecule has 120 valence electrons. The quantitative estimate of drug-likeness (QED) is 0.759. The molecule has 0 saturated carbocycles. The second kappa shape index (κ2) is 5.60. The number of amides is 3. The van der Waals surface area contributed by atoms with E-state index in [-0.39, 0.29) is 11.8 Å². The van der Waals surface area contributed by atoms with Crippen molar-refractivity contribution >= 4 is 23.4 Å². The molecule has 24 heavy (non-hydrogen) atoms. The summed E-state index contributed by atoms with van der Waals surface area (Å²) >= 11 is 0. The smallest absolute Gasteiger partial charge is 0.265 e. The number of benzene rings is 2. The van der Waals surface area contributed by atoms with Crippen molar-refractivity contribution in [3.05, 3.63) is 65.7 Å². The number of imide groups is 1. The molecule has 0 aliphatic carbocycles. The van der Waals surface area contributed by atoms with Crippen LogP contribution in [0.2, 0.25) is 0 Å². The van der Waals surface area contributed by atoms with Gasteiger partial charge in [-0.15, -0.1) is 0 Å². The van der Waals surface area contributed by atoms with E-state index in [1.165, 1.54) is 4.90 Å². The zero-order valence-electron chi connectivity index (χ0n) is 13.0. The van der Waals surface area contributed by atoms with Crippen molar-refractivity contribution in [3.8, 4) is 0 Å². The number of nitrogens with zero attached hydrogens (tertiary/aromatic N) is 2. The largest absolute Gasteiger partial charge is 0.327 e. The van der Waals surface area contributed by atoms with Gasteiger partial charge >= 0.3 is 0 Å². The predicted molar refractivity (Wildman–Crippen MR) is 88.8 cm³/mol. The van der Waals surface area contributed by atoms with Crippen molar-refractivity contribution in [1.82, 2.24) is 4.90 Å². The molecule has 3 amide bonds. The number of rotatable bonds is 1. The standard InChI is InChI=1S/C19H16N2O3/c22-17(13-7-2-1-3-8-13)21-15-10-5-4-9-14(15)18(23)20-12-6-11-16(20)19(21)24/h1-5,7-10,16H,6,11-12H2. The van der Waals surface area contributed by atoms with Crippen LogP contribution in [0.3, 0.4) is 0 Å². The van der Waals surface area contributed by atoms with Gasteiger partial charge in [-0.25, -0.2) is 4.90 Å². The number of anilines is 1. The summed E-state index contributed by atoms with van der Waals surface area (Å²) in [5.41, 5.74) is 1.20. The summed E-state index contributed by atoms with van der Waals surface area (Å²) in [5.74, 6) is -0.890. The summed E-state index contributed by atoms with van der Waals surface area (Å²) in [7, 11) is 0. The first kappa shape index (κ1) is 14.6. The highest BCUT2D eigenvalue weighted by Crippen LogP contribution is 2.33. The van der Waals surface area contributed by atoms with Crippen molar-refractivity contribution in [2.45, 2.75) is 18.9 Å². The first-order valence-electron chi connectivity index (χ1n) is 8.02. The molecule has 5 nitrogen and oxygen atoms in total. The minimum atomic E-state index is -0.558. The van der Waals surface area contributed by atoms with Gasteiger partial charge in [0.25, 0.3) is 17.7 Å². The molecule has 1 saturated heterocycles. The Morgan fingerprint density at radius 1 is 0.958 bits per heavy atom. The highest BCUT2D eigenvalue weighted by Gasteiger charge is 2.44. The minimum Gasteiger partial charge on any atom is -0.327 e. The Morgan fingerprint density at radius 2 is 1.67 bits per heavy atom. The van der Waals surface area contributed by atoms with Gasteiger partial charge in [-0.3, -0.25) is 14.4 Å². The molecule has 2 aliphatic rings. The Bertz CT molecular complexity index is 832. The first-order valence-corrected chi connectivity index (χ1v) is 8.02. The van der Waals surface area contributed by atoms with Crippen LogP contribution in [0.25, 0.3) is 0 Å². The van der Waals surface area contributed by atoms with Crippen molar-refractivity contribution < 1.29 is 14.4 Å². The van der Waals surface area contributed by atoms with E-state index in [0.717, 1.165) is 6.42 Å². The van der Waals surface area contributed by atoms with Gasteiger partial charge in [-0.05, 0) is 37.1 Å². The highest BCUT2D eigenvalue weighted by atomic mass is 16.2. The molecule has 5 heteroatoms. The summed E-state index contributed by atoms with van der Waals surface area (Å²) in [6.45, 7) is 0.553. The molecule has 2 aromatic rings. The molecule has 1 fully saturated rings. The van der Waals surface area contributed by atoms with Crippen LogP contribution < -0.4 is 4.90 Å². The van der Waals surface area contributed by atoms with Gasteiger partial charge in [0.2, 0.25) is 0 Å². The molecule has 0 bridgehead atoms. The van der Waals surface area contributed by atoms with Crippen LogP contribution in [0.4, 0.5) is 5.69 Å². The van der Waals surface area contributed by atoms with Crippen LogP contribution in [-0.4, -0.2) is 35.2 Å². The van der Waals surface area contributed by atoms with Crippen LogP contribution in [0.15, 0.2) is 54.6 Å². The van der Waals surface area contributed by atoms with Crippen LogP contribution in [0.5, 0.6) is 0 Å². The minimum absolute atomic E-state index is 0.176. The Labute approximate surface area is 139 Å². The maximum absolute atomic E-state index is 13.1. The number of carbonyl (C=O) groups excluding carboxylic acids is 3. The van der Waals surface area contributed by atoms with E-state index in [4.69, 9.17) is 0 Å². The van der Waals surface area contributed by atoms with Crippen LogP contribution in [-0.2, 0) is 4.79 Å². The van der Waals surface area contributed by atoms with E-state index < -0.39 is 11.9 Å². The fourth-order valence-corrected chi connectivity index (χ4v) is 3.46. The molecule has 1 atom stereocenters. The van der Waals surface area contributed by atoms with Crippen molar-refractivity contribution in [2.24, 2.45) is 0 Å². The van der Waals surface area contributed by atoms with E-state index in [9.17, 15) is 14.4 Å². The monoisotopic (exact) mass is 320 g/mol. The van der Waals surface area contributed by atoms with E-state index in [2.05, 4.69) is 0 Å². The number of carbonyl (C=O) groups is 3. The predicted octanol–water partition coefficient (Wildman–Crippen LogP) is 2.48. The van der Waals surface area contributed by atoms with Gasteiger partial charge in [0.05, 0.1) is 11.3 Å². The lowest BCUT2D eigenvalue weighted by Crippen LogP contribution is -2.47. The molecule has 0 spiro atoms. The third-order valence-electron chi connectivity index (χ3n) is 4.62. The van der Waals surface area contributed by atoms with Crippen LogP contribution in [0, 0.1) is 0 Å². The fraction of sp³-hybridized carbons (Fsp3) is 0.211. The third-order valence-corrected chi connectivity index (χ3v) is 4.62. The summed E-state index contributed by atoms with van der Waals surface area (Å²) < 4.78 is 0. The first-order chi connectivity index (χ1) is 11.7. The number of hydrogen-bond donors (Lipinski definition) is 0. The molecular formula is C19H16N2O3. The molecule has 1 unspecified atom stereocenters. The normalized spacial score (nSPS) is 19.8. The van der Waals surface area contributed by atoms with Gasteiger partial charge in [0.15, 0.2) is 0 Å². The van der Waals surface area contributed by atoms with Crippen LogP contribution >= 0.6 is 0 Å². The molecule has 0 radical (unpaired) electrons. The maximum Gasteiger partial charge on any atom is 0.265 e. The molecule has 2 heterocycles. The van der Waals surface area contributed by atoms with Gasteiger partial charge < -0.3 is 4.90 Å². The Morgan fingerprint density at radius 3 is 2.46 bits per heavy atom. The lowest BCUT2D eigenvalue weighted by atomic mass is 10.1. The van der Waals surface area contributed by atoms with Crippen molar-refractivity contribution in [3.63, 3.8) is 0 Å². The Hall–Kier alpha value is -2.95. The van der Waals surface area contributed by atoms with E-state index in [1.54, 1.807) is 53.4 Å². The Balaban J connectivity index is 1.88. The SMILES string of the molecule is O=C(c1ccccc1)N1C(=O)C2CCCN2C(=O)c2ccccc21. The lowest BCUT2D eigenvalue weighted by Gasteiger charge is -2.24. The van der Waals surface area contributed by atoms with Crippen LogP contribution in [0.1, 0.15) is 33.6 Å². The molecule has 2 aromatic carbocycles. The molecule has 2 aliphatic heterocycles. The maximum atomic E-state index is 13.1. The summed E-state index contributed by atoms with van der Waals surface area (Å²) in [6, 6.07) is 15.0. The molecule has 0 N–H and O–H groups in total. The average Bonchev–Trinajstić information content (AvgIpc) is 3.09. The van der Waals surface area contributed by atoms with Gasteiger partial charge in [0.1, 0.15) is 6.04 Å². The van der Waals surface area contributed by atoms with Gasteiger partial charge in [0, 0.05) is 12.1 Å². The third kappa shape index (κ3) is 2.12. The van der Waals surface area contributed by atoms with Gasteiger partial charge in [-0.2, -0.15) is 0 Å². The summed E-state index contributed by atoms with van der Waals surface area (Å²) in [5, 5.41) is 0. The van der Waals surface area contributed by atoms with E-state index in [1.807, 2.05) is 6.07 Å². The number of para-hydroxylation sites is 1. The molecule has 0 aromatic heterocycles. The lowest BCUT2D eigenvalue weighted by molar-refractivity contribution is -0.121. The second-order valence-corrected chi connectivity index (χ2v) is 6.02. The van der Waals surface area contributed by atoms with Gasteiger partial charge in [-0.1, -0.05) is 30.3 Å². The topological polar surface area (TPSA) is 57.7 Å². The number of hydrogen-bond acceptors (Lipinski definition) is 3. The average molecular weight is 320 g/mol. The van der Waals surface area contributed by atoms with Crippen molar-refractivity contribution in [2.75, 3.05) is 11.4 Å². The Kier molecular flexibility index (Phi) is 3.41. The van der Waals surface area contributed by atoms with E-state index >= 15 is 0 Å².